The molecule has 0 aliphatic carbocycles. The van der Waals surface area contributed by atoms with Crippen LogP contribution in [0.4, 0.5) is 5.69 Å². The highest BCUT2D eigenvalue weighted by Gasteiger charge is 2.25. The van der Waals surface area contributed by atoms with Crippen LogP contribution >= 0.6 is 0 Å². The average Bonchev–Trinajstić information content (AvgIpc) is 2.94. The van der Waals surface area contributed by atoms with Gasteiger partial charge in [-0.15, -0.1) is 0 Å². The van der Waals surface area contributed by atoms with Crippen molar-refractivity contribution in [3.05, 3.63) is 60.4 Å². The van der Waals surface area contributed by atoms with E-state index >= 15 is 0 Å². The van der Waals surface area contributed by atoms with Crippen molar-refractivity contribution in [1.29, 1.82) is 0 Å². The fourth-order valence-electron chi connectivity index (χ4n) is 3.45. The van der Waals surface area contributed by atoms with Gasteiger partial charge in [-0.1, -0.05) is 37.1 Å². The normalized spacial score (nSPS) is 16.0. The van der Waals surface area contributed by atoms with E-state index < -0.39 is 15.9 Å². The van der Waals surface area contributed by atoms with Gasteiger partial charge in [0.1, 0.15) is 5.58 Å². The van der Waals surface area contributed by atoms with Crippen LogP contribution in [-0.4, -0.2) is 31.7 Å². The van der Waals surface area contributed by atoms with Crippen molar-refractivity contribution < 1.29 is 17.6 Å². The standard InChI is InChI=1S/C21H22N2O4S/c24-21(20-14-16-8-3-4-11-19(16)27-20)22-17-9-7-10-18(15-17)28(25,26)23-12-5-1-2-6-13-23/h3-4,7-11,14-15H,1-2,5-6,12-13H2,(H,22,24). The number of carbonyl (C=O) groups excluding carboxylic acids is 1. The summed E-state index contributed by atoms with van der Waals surface area (Å²) in [6.07, 6.45) is 3.86. The lowest BCUT2D eigenvalue weighted by Crippen LogP contribution is -2.32. The predicted molar refractivity (Wildman–Crippen MR) is 108 cm³/mol. The zero-order valence-corrected chi connectivity index (χ0v) is 16.2. The van der Waals surface area contributed by atoms with E-state index in [1.807, 2.05) is 18.2 Å². The lowest BCUT2D eigenvalue weighted by atomic mass is 10.2. The molecule has 7 heteroatoms. The lowest BCUT2D eigenvalue weighted by Gasteiger charge is -2.20. The zero-order chi connectivity index (χ0) is 19.6. The Morgan fingerprint density at radius 1 is 0.929 bits per heavy atom. The van der Waals surface area contributed by atoms with Gasteiger partial charge < -0.3 is 9.73 Å². The number of hydrogen-bond acceptors (Lipinski definition) is 4. The van der Waals surface area contributed by atoms with Gasteiger partial charge in [-0.2, -0.15) is 4.31 Å². The fourth-order valence-corrected chi connectivity index (χ4v) is 5.02. The molecular weight excluding hydrogens is 376 g/mol. The van der Waals surface area contributed by atoms with Crippen molar-refractivity contribution in [2.45, 2.75) is 30.6 Å². The summed E-state index contributed by atoms with van der Waals surface area (Å²) in [4.78, 5) is 12.7. The van der Waals surface area contributed by atoms with Crippen molar-refractivity contribution in [2.24, 2.45) is 0 Å². The van der Waals surface area contributed by atoms with E-state index in [2.05, 4.69) is 5.32 Å². The summed E-state index contributed by atoms with van der Waals surface area (Å²) in [5.41, 5.74) is 1.05. The first-order valence-corrected chi connectivity index (χ1v) is 10.9. The van der Waals surface area contributed by atoms with Gasteiger partial charge in [0.2, 0.25) is 10.0 Å². The van der Waals surface area contributed by atoms with Gasteiger partial charge in [0.25, 0.3) is 5.91 Å². The second-order valence-electron chi connectivity index (χ2n) is 6.95. The molecule has 1 aliphatic heterocycles. The number of para-hydroxylation sites is 1. The Balaban J connectivity index is 1.55. The summed E-state index contributed by atoms with van der Waals surface area (Å²) in [6.45, 7) is 1.08. The van der Waals surface area contributed by atoms with E-state index in [1.54, 1.807) is 34.6 Å². The molecule has 28 heavy (non-hydrogen) atoms. The van der Waals surface area contributed by atoms with Crippen LogP contribution < -0.4 is 5.32 Å². The van der Waals surface area contributed by atoms with Gasteiger partial charge in [0, 0.05) is 24.2 Å². The molecule has 1 N–H and O–H groups in total. The van der Waals surface area contributed by atoms with Crippen LogP contribution in [0.3, 0.4) is 0 Å². The number of hydrogen-bond donors (Lipinski definition) is 1. The van der Waals surface area contributed by atoms with Crippen LogP contribution in [0.1, 0.15) is 36.2 Å². The highest BCUT2D eigenvalue weighted by atomic mass is 32.2. The van der Waals surface area contributed by atoms with Crippen molar-refractivity contribution in [3.63, 3.8) is 0 Å². The quantitative estimate of drug-likeness (QED) is 0.712. The molecule has 1 aliphatic rings. The van der Waals surface area contributed by atoms with E-state index in [-0.39, 0.29) is 10.7 Å². The first kappa shape index (κ1) is 18.7. The number of sulfonamides is 1. The SMILES string of the molecule is O=C(Nc1cccc(S(=O)(=O)N2CCCCCC2)c1)c1cc2ccccc2o1. The largest absolute Gasteiger partial charge is 0.451 e. The summed E-state index contributed by atoms with van der Waals surface area (Å²) in [5.74, 6) is -0.234. The zero-order valence-electron chi connectivity index (χ0n) is 15.4. The Hall–Kier alpha value is -2.64. The number of carbonyl (C=O) groups is 1. The first-order chi connectivity index (χ1) is 13.5. The van der Waals surface area contributed by atoms with E-state index in [0.717, 1.165) is 31.1 Å². The van der Waals surface area contributed by atoms with Crippen molar-refractivity contribution in [3.8, 4) is 0 Å². The molecule has 6 nitrogen and oxygen atoms in total. The molecule has 1 fully saturated rings. The molecule has 0 spiro atoms. The second kappa shape index (κ2) is 7.77. The molecule has 1 amide bonds. The van der Waals surface area contributed by atoms with Crippen LogP contribution in [0.15, 0.2) is 63.9 Å². The maximum absolute atomic E-state index is 13.0. The van der Waals surface area contributed by atoms with E-state index in [9.17, 15) is 13.2 Å². The fraction of sp³-hybridized carbons (Fsp3) is 0.286. The van der Waals surface area contributed by atoms with Crippen LogP contribution in [0, 0.1) is 0 Å². The van der Waals surface area contributed by atoms with Crippen LogP contribution in [0.2, 0.25) is 0 Å². The minimum absolute atomic E-state index is 0.182. The molecule has 2 aromatic carbocycles. The van der Waals surface area contributed by atoms with Crippen LogP contribution in [0.25, 0.3) is 11.0 Å². The molecule has 0 atom stereocenters. The topological polar surface area (TPSA) is 79.6 Å². The molecule has 0 bridgehead atoms. The van der Waals surface area contributed by atoms with Gasteiger partial charge in [-0.05, 0) is 43.2 Å². The molecule has 0 unspecified atom stereocenters. The third-order valence-electron chi connectivity index (χ3n) is 4.94. The lowest BCUT2D eigenvalue weighted by molar-refractivity contribution is 0.0998. The van der Waals surface area contributed by atoms with Crippen molar-refractivity contribution in [2.75, 3.05) is 18.4 Å². The smallest absolute Gasteiger partial charge is 0.291 e. The summed E-state index contributed by atoms with van der Waals surface area (Å²) < 4.78 is 33.0. The molecule has 1 aromatic heterocycles. The number of anilines is 1. The number of amides is 1. The summed E-state index contributed by atoms with van der Waals surface area (Å²) >= 11 is 0. The van der Waals surface area contributed by atoms with Gasteiger partial charge in [-0.3, -0.25) is 4.79 Å². The van der Waals surface area contributed by atoms with Crippen LogP contribution in [-0.2, 0) is 10.0 Å². The highest BCUT2D eigenvalue weighted by molar-refractivity contribution is 7.89. The number of fused-ring (bicyclic) bond motifs is 1. The summed E-state index contributed by atoms with van der Waals surface area (Å²) in [7, 11) is -3.57. The molecule has 3 aromatic rings. The predicted octanol–water partition coefficient (Wildman–Crippen LogP) is 4.25. The summed E-state index contributed by atoms with van der Waals surface area (Å²) in [5, 5.41) is 3.57. The average molecular weight is 398 g/mol. The molecule has 0 saturated carbocycles. The van der Waals surface area contributed by atoms with Crippen molar-refractivity contribution >= 4 is 32.6 Å². The third kappa shape index (κ3) is 3.81. The van der Waals surface area contributed by atoms with Gasteiger partial charge in [-0.25, -0.2) is 8.42 Å². The third-order valence-corrected chi connectivity index (χ3v) is 6.84. The van der Waals surface area contributed by atoms with E-state index in [1.165, 1.54) is 6.07 Å². The maximum Gasteiger partial charge on any atom is 0.291 e. The molecule has 0 radical (unpaired) electrons. The Labute approximate surface area is 164 Å². The summed E-state index contributed by atoms with van der Waals surface area (Å²) in [6, 6.07) is 15.4. The van der Waals surface area contributed by atoms with Gasteiger partial charge in [0.15, 0.2) is 5.76 Å². The van der Waals surface area contributed by atoms with E-state index in [4.69, 9.17) is 4.42 Å². The number of benzene rings is 2. The molecular formula is C21H22N2O4S. The van der Waals surface area contributed by atoms with E-state index in [0.29, 0.717) is 24.4 Å². The Morgan fingerprint density at radius 2 is 1.68 bits per heavy atom. The molecule has 4 rings (SSSR count). The Bertz CT molecular complexity index is 1060. The van der Waals surface area contributed by atoms with Crippen molar-refractivity contribution in [1.82, 2.24) is 4.31 Å². The minimum Gasteiger partial charge on any atom is -0.451 e. The van der Waals surface area contributed by atoms with Crippen LogP contribution in [0.5, 0.6) is 0 Å². The number of rotatable bonds is 4. The number of nitrogens with zero attached hydrogens (tertiary/aromatic N) is 1. The number of furan rings is 1. The second-order valence-corrected chi connectivity index (χ2v) is 8.89. The van der Waals surface area contributed by atoms with Gasteiger partial charge in [0.05, 0.1) is 4.90 Å². The highest BCUT2D eigenvalue weighted by Crippen LogP contribution is 2.24. The monoisotopic (exact) mass is 398 g/mol. The Morgan fingerprint density at radius 3 is 2.43 bits per heavy atom. The van der Waals surface area contributed by atoms with Gasteiger partial charge >= 0.3 is 0 Å². The maximum atomic E-state index is 13.0. The minimum atomic E-state index is -3.57. The number of nitrogens with one attached hydrogen (secondary N) is 1. The molecule has 146 valence electrons. The first-order valence-electron chi connectivity index (χ1n) is 9.44. The molecule has 1 saturated heterocycles. The molecule has 2 heterocycles. The Kier molecular flexibility index (Phi) is 5.19.